The smallest absolute Gasteiger partial charge is 0.0635 e. The van der Waals surface area contributed by atoms with Crippen LogP contribution in [0.2, 0.25) is 0 Å². The summed E-state index contributed by atoms with van der Waals surface area (Å²) in [5.74, 6) is 0.490. The molecule has 0 saturated carbocycles. The van der Waals surface area contributed by atoms with Gasteiger partial charge in [-0.05, 0) is 18.6 Å². The first-order chi connectivity index (χ1) is 6.80. The molecule has 0 saturated heterocycles. The minimum atomic E-state index is 0.0818. The van der Waals surface area contributed by atoms with Gasteiger partial charge in [-0.15, -0.1) is 0 Å². The van der Waals surface area contributed by atoms with Crippen LogP contribution in [0.15, 0.2) is 48.6 Å². The first-order valence-corrected chi connectivity index (χ1v) is 5.03. The summed E-state index contributed by atoms with van der Waals surface area (Å²) < 4.78 is 0. The molecule has 0 aromatic heterocycles. The van der Waals surface area contributed by atoms with Crippen LogP contribution in [0.25, 0.3) is 0 Å². The fourth-order valence-electron chi connectivity index (χ4n) is 2.45. The zero-order valence-corrected chi connectivity index (χ0v) is 8.20. The first kappa shape index (κ1) is 7.86. The summed E-state index contributed by atoms with van der Waals surface area (Å²) >= 11 is 0. The predicted molar refractivity (Wildman–Crippen MR) is 59.5 cm³/mol. The minimum Gasteiger partial charge on any atom is -0.375 e. The molecule has 1 aromatic carbocycles. The second-order valence-electron chi connectivity index (χ2n) is 4.22. The number of nitrogens with one attached hydrogen (secondary N) is 1. The summed E-state index contributed by atoms with van der Waals surface area (Å²) in [6.45, 7) is 2.25. The van der Waals surface area contributed by atoms with Gasteiger partial charge in [0.05, 0.1) is 5.54 Å². The Morgan fingerprint density at radius 3 is 3.00 bits per heavy atom. The van der Waals surface area contributed by atoms with E-state index in [1.54, 1.807) is 0 Å². The maximum Gasteiger partial charge on any atom is 0.0635 e. The summed E-state index contributed by atoms with van der Waals surface area (Å²) in [5, 5.41) is 3.57. The van der Waals surface area contributed by atoms with E-state index in [4.69, 9.17) is 0 Å². The highest BCUT2D eigenvalue weighted by Crippen LogP contribution is 2.45. The van der Waals surface area contributed by atoms with Crippen molar-refractivity contribution in [1.29, 1.82) is 0 Å². The van der Waals surface area contributed by atoms with Gasteiger partial charge in [0, 0.05) is 11.6 Å². The van der Waals surface area contributed by atoms with Crippen molar-refractivity contribution >= 4 is 5.69 Å². The molecule has 1 N–H and O–H groups in total. The van der Waals surface area contributed by atoms with E-state index in [-0.39, 0.29) is 5.54 Å². The lowest BCUT2D eigenvalue weighted by molar-refractivity contribution is 0.596. The van der Waals surface area contributed by atoms with Gasteiger partial charge in [-0.1, -0.05) is 42.5 Å². The summed E-state index contributed by atoms with van der Waals surface area (Å²) in [6.07, 6.45) is 8.78. The molecule has 14 heavy (non-hydrogen) atoms. The van der Waals surface area contributed by atoms with E-state index in [1.807, 2.05) is 0 Å². The van der Waals surface area contributed by atoms with Crippen LogP contribution in [-0.2, 0) is 0 Å². The van der Waals surface area contributed by atoms with Crippen molar-refractivity contribution in [3.8, 4) is 0 Å². The summed E-state index contributed by atoms with van der Waals surface area (Å²) in [4.78, 5) is 0. The molecule has 0 bridgehead atoms. The van der Waals surface area contributed by atoms with Crippen LogP contribution in [0.4, 0.5) is 5.69 Å². The summed E-state index contributed by atoms with van der Waals surface area (Å²) in [5.41, 5.74) is 2.77. The molecule has 3 rings (SSSR count). The normalized spacial score (nSPS) is 32.2. The maximum absolute atomic E-state index is 3.57. The van der Waals surface area contributed by atoms with Gasteiger partial charge in [-0.3, -0.25) is 0 Å². The van der Waals surface area contributed by atoms with Crippen molar-refractivity contribution in [1.82, 2.24) is 0 Å². The van der Waals surface area contributed by atoms with E-state index in [0.29, 0.717) is 5.92 Å². The average Bonchev–Trinajstić information content (AvgIpc) is 2.49. The van der Waals surface area contributed by atoms with E-state index in [2.05, 4.69) is 60.8 Å². The zero-order chi connectivity index (χ0) is 9.60. The third kappa shape index (κ3) is 0.897. The van der Waals surface area contributed by atoms with E-state index in [9.17, 15) is 0 Å². The lowest BCUT2D eigenvalue weighted by Gasteiger charge is -2.29. The van der Waals surface area contributed by atoms with Gasteiger partial charge in [0.25, 0.3) is 0 Å². The van der Waals surface area contributed by atoms with Gasteiger partial charge in [-0.25, -0.2) is 0 Å². The molecule has 0 spiro atoms. The van der Waals surface area contributed by atoms with Crippen LogP contribution in [-0.4, -0.2) is 5.54 Å². The topological polar surface area (TPSA) is 12.0 Å². The van der Waals surface area contributed by atoms with Crippen molar-refractivity contribution in [2.24, 2.45) is 0 Å². The number of para-hydroxylation sites is 1. The zero-order valence-electron chi connectivity index (χ0n) is 8.20. The first-order valence-electron chi connectivity index (χ1n) is 5.03. The van der Waals surface area contributed by atoms with Crippen LogP contribution < -0.4 is 5.32 Å². The molecular weight excluding hydrogens is 170 g/mol. The molecule has 70 valence electrons. The molecule has 1 aliphatic heterocycles. The third-order valence-electron chi connectivity index (χ3n) is 3.20. The molecular formula is C13H13N. The number of hydrogen-bond donors (Lipinski definition) is 1. The molecule has 2 atom stereocenters. The second kappa shape index (κ2) is 2.50. The Balaban J connectivity index is 2.18. The molecule has 1 aliphatic carbocycles. The van der Waals surface area contributed by atoms with Crippen molar-refractivity contribution in [2.45, 2.75) is 18.4 Å². The minimum absolute atomic E-state index is 0.0818. The van der Waals surface area contributed by atoms with Crippen molar-refractivity contribution in [2.75, 3.05) is 5.32 Å². The Morgan fingerprint density at radius 1 is 1.21 bits per heavy atom. The Kier molecular flexibility index (Phi) is 1.41. The quantitative estimate of drug-likeness (QED) is 0.651. The van der Waals surface area contributed by atoms with Crippen LogP contribution in [0.3, 0.4) is 0 Å². The van der Waals surface area contributed by atoms with E-state index in [0.717, 1.165) is 0 Å². The van der Waals surface area contributed by atoms with Gasteiger partial charge < -0.3 is 5.32 Å². The van der Waals surface area contributed by atoms with E-state index >= 15 is 0 Å². The predicted octanol–water partition coefficient (Wildman–Crippen LogP) is 3.08. The molecule has 2 unspecified atom stereocenters. The number of allylic oxidation sites excluding steroid dienone is 2. The SMILES string of the molecule is CC12C=CC=CC1c1ccccc1N2. The van der Waals surface area contributed by atoms with Crippen LogP contribution >= 0.6 is 0 Å². The highest BCUT2D eigenvalue weighted by Gasteiger charge is 2.39. The number of benzene rings is 1. The molecule has 0 radical (unpaired) electrons. The molecule has 0 amide bonds. The Labute approximate surface area is 84.1 Å². The second-order valence-corrected chi connectivity index (χ2v) is 4.22. The number of fused-ring (bicyclic) bond motifs is 3. The molecule has 1 aromatic rings. The van der Waals surface area contributed by atoms with E-state index < -0.39 is 0 Å². The lowest BCUT2D eigenvalue weighted by atomic mass is 9.81. The van der Waals surface area contributed by atoms with Gasteiger partial charge in [0.2, 0.25) is 0 Å². The number of hydrogen-bond acceptors (Lipinski definition) is 1. The van der Waals surface area contributed by atoms with Crippen molar-refractivity contribution in [3.05, 3.63) is 54.1 Å². The largest absolute Gasteiger partial charge is 0.375 e. The van der Waals surface area contributed by atoms with Crippen molar-refractivity contribution in [3.63, 3.8) is 0 Å². The number of anilines is 1. The molecule has 1 nitrogen and oxygen atoms in total. The van der Waals surface area contributed by atoms with Crippen LogP contribution in [0.1, 0.15) is 18.4 Å². The monoisotopic (exact) mass is 183 g/mol. The maximum atomic E-state index is 3.57. The van der Waals surface area contributed by atoms with Crippen LogP contribution in [0, 0.1) is 0 Å². The van der Waals surface area contributed by atoms with Gasteiger partial charge in [0.1, 0.15) is 0 Å². The average molecular weight is 183 g/mol. The van der Waals surface area contributed by atoms with Gasteiger partial charge in [0.15, 0.2) is 0 Å². The highest BCUT2D eigenvalue weighted by atomic mass is 15.0. The van der Waals surface area contributed by atoms with Gasteiger partial charge in [-0.2, -0.15) is 0 Å². The standard InChI is InChI=1S/C13H13N/c1-13-9-5-4-7-11(13)10-6-2-3-8-12(10)14-13/h2-9,11,14H,1H3. The van der Waals surface area contributed by atoms with Gasteiger partial charge >= 0.3 is 0 Å². The Hall–Kier alpha value is -1.50. The molecule has 1 heterocycles. The number of rotatable bonds is 0. The Morgan fingerprint density at radius 2 is 2.07 bits per heavy atom. The fraction of sp³-hybridized carbons (Fsp3) is 0.231. The fourth-order valence-corrected chi connectivity index (χ4v) is 2.45. The van der Waals surface area contributed by atoms with Crippen molar-refractivity contribution < 1.29 is 0 Å². The third-order valence-corrected chi connectivity index (χ3v) is 3.20. The highest BCUT2D eigenvalue weighted by molar-refractivity contribution is 5.65. The summed E-state index contributed by atoms with van der Waals surface area (Å²) in [6, 6.07) is 8.56. The molecule has 0 fully saturated rings. The van der Waals surface area contributed by atoms with Crippen LogP contribution in [0.5, 0.6) is 0 Å². The molecule has 1 heteroatoms. The Bertz CT molecular complexity index is 431. The lowest BCUT2D eigenvalue weighted by Crippen LogP contribution is -2.33. The molecule has 2 aliphatic rings. The summed E-state index contributed by atoms with van der Waals surface area (Å²) in [7, 11) is 0. The van der Waals surface area contributed by atoms with E-state index in [1.165, 1.54) is 11.3 Å².